The molecule has 0 aliphatic carbocycles. The van der Waals surface area contributed by atoms with Crippen LogP contribution in [-0.4, -0.2) is 18.0 Å². The van der Waals surface area contributed by atoms with Gasteiger partial charge < -0.3 is 9.30 Å². The second-order valence-electron chi connectivity index (χ2n) is 3.29. The minimum atomic E-state index is 0.549. The molecule has 0 spiro atoms. The number of rotatable bonds is 2. The van der Waals surface area contributed by atoms with Gasteiger partial charge in [-0.15, -0.1) is 0 Å². The van der Waals surface area contributed by atoms with Crippen LogP contribution in [0.3, 0.4) is 0 Å². The highest BCUT2D eigenvalue weighted by Gasteiger charge is 2.09. The average molecular weight is 224 g/mol. The third kappa shape index (κ3) is 1.49. The molecular formula is C11H10ClNO2. The number of carbonyl (C=O) groups is 1. The number of nitrogens with zero attached hydrogens (tertiary/aromatic N) is 1. The van der Waals surface area contributed by atoms with Crippen molar-refractivity contribution < 1.29 is 9.53 Å². The molecule has 1 heterocycles. The van der Waals surface area contributed by atoms with E-state index in [1.807, 2.05) is 13.1 Å². The van der Waals surface area contributed by atoms with E-state index in [0.717, 1.165) is 17.2 Å². The molecule has 0 saturated heterocycles. The molecule has 2 aromatic rings. The van der Waals surface area contributed by atoms with Gasteiger partial charge in [-0.3, -0.25) is 4.79 Å². The van der Waals surface area contributed by atoms with Crippen molar-refractivity contribution in [3.63, 3.8) is 0 Å². The van der Waals surface area contributed by atoms with Gasteiger partial charge in [-0.1, -0.05) is 11.6 Å². The summed E-state index contributed by atoms with van der Waals surface area (Å²) >= 11 is 5.99. The Kier molecular flexibility index (Phi) is 2.40. The molecule has 0 fully saturated rings. The van der Waals surface area contributed by atoms with Gasteiger partial charge in [-0.2, -0.15) is 0 Å². The van der Waals surface area contributed by atoms with Gasteiger partial charge >= 0.3 is 0 Å². The maximum absolute atomic E-state index is 10.8. The number of methoxy groups -OCH3 is 1. The van der Waals surface area contributed by atoms with Crippen LogP contribution in [0, 0.1) is 0 Å². The number of ether oxygens (including phenoxy) is 1. The molecule has 0 N–H and O–H groups in total. The minimum Gasteiger partial charge on any atom is -0.495 e. The van der Waals surface area contributed by atoms with Crippen LogP contribution >= 0.6 is 11.6 Å². The summed E-state index contributed by atoms with van der Waals surface area (Å²) in [6, 6.07) is 5.42. The number of carbonyl (C=O) groups excluding carboxylic acids is 1. The summed E-state index contributed by atoms with van der Waals surface area (Å²) < 4.78 is 6.92. The van der Waals surface area contributed by atoms with Crippen molar-refractivity contribution in [2.45, 2.75) is 0 Å². The summed E-state index contributed by atoms with van der Waals surface area (Å²) in [5.74, 6) is 0.614. The summed E-state index contributed by atoms with van der Waals surface area (Å²) in [5, 5.41) is 1.48. The fourth-order valence-electron chi connectivity index (χ4n) is 1.63. The fraction of sp³-hybridized carbons (Fsp3) is 0.182. The standard InChI is InChI=1S/C11H10ClNO2/c1-13-8(6-14)3-7-4-9(12)11(15-2)5-10(7)13/h3-6H,1-2H3. The molecule has 0 aliphatic heterocycles. The maximum atomic E-state index is 10.8. The van der Waals surface area contributed by atoms with Crippen LogP contribution in [-0.2, 0) is 7.05 Å². The molecule has 2 rings (SSSR count). The lowest BCUT2D eigenvalue weighted by Crippen LogP contribution is -1.93. The van der Waals surface area contributed by atoms with E-state index in [1.165, 1.54) is 0 Å². The van der Waals surface area contributed by atoms with Gasteiger partial charge in [0.05, 0.1) is 23.3 Å². The molecule has 0 amide bonds. The van der Waals surface area contributed by atoms with E-state index in [0.29, 0.717) is 16.5 Å². The number of benzene rings is 1. The van der Waals surface area contributed by atoms with E-state index in [-0.39, 0.29) is 0 Å². The van der Waals surface area contributed by atoms with Crippen LogP contribution in [0.4, 0.5) is 0 Å². The first-order chi connectivity index (χ1) is 7.17. The number of aldehydes is 1. The smallest absolute Gasteiger partial charge is 0.166 e. The highest BCUT2D eigenvalue weighted by Crippen LogP contribution is 2.30. The van der Waals surface area contributed by atoms with Gasteiger partial charge in [-0.25, -0.2) is 0 Å². The molecule has 3 nitrogen and oxygen atoms in total. The first kappa shape index (κ1) is 10.1. The van der Waals surface area contributed by atoms with E-state index in [4.69, 9.17) is 16.3 Å². The lowest BCUT2D eigenvalue weighted by atomic mass is 10.2. The van der Waals surface area contributed by atoms with Crippen molar-refractivity contribution in [2.24, 2.45) is 7.05 Å². The normalized spacial score (nSPS) is 10.6. The Hall–Kier alpha value is -1.48. The summed E-state index contributed by atoms with van der Waals surface area (Å²) in [6.45, 7) is 0. The second-order valence-corrected chi connectivity index (χ2v) is 3.70. The summed E-state index contributed by atoms with van der Waals surface area (Å²) in [4.78, 5) is 10.8. The molecular weight excluding hydrogens is 214 g/mol. The predicted octanol–water partition coefficient (Wildman–Crippen LogP) is 2.65. The molecule has 78 valence electrons. The highest BCUT2D eigenvalue weighted by atomic mass is 35.5. The van der Waals surface area contributed by atoms with Crippen molar-refractivity contribution in [2.75, 3.05) is 7.11 Å². The summed E-state index contributed by atoms with van der Waals surface area (Å²) in [7, 11) is 3.40. The van der Waals surface area contributed by atoms with Gasteiger partial charge in [0.25, 0.3) is 0 Å². The van der Waals surface area contributed by atoms with Gasteiger partial charge in [0.15, 0.2) is 6.29 Å². The van der Waals surface area contributed by atoms with E-state index in [2.05, 4.69) is 0 Å². The van der Waals surface area contributed by atoms with Crippen LogP contribution in [0.5, 0.6) is 5.75 Å². The van der Waals surface area contributed by atoms with Gasteiger partial charge in [0.1, 0.15) is 5.75 Å². The Balaban J connectivity index is 2.79. The van der Waals surface area contributed by atoms with Crippen LogP contribution in [0.15, 0.2) is 18.2 Å². The van der Waals surface area contributed by atoms with Crippen LogP contribution in [0.2, 0.25) is 5.02 Å². The molecule has 0 aliphatic rings. The molecule has 0 saturated carbocycles. The lowest BCUT2D eigenvalue weighted by molar-refractivity contribution is 0.111. The molecule has 1 aromatic heterocycles. The van der Waals surface area contributed by atoms with E-state index < -0.39 is 0 Å². The summed E-state index contributed by atoms with van der Waals surface area (Å²) in [5.41, 5.74) is 1.55. The van der Waals surface area contributed by atoms with Gasteiger partial charge in [0, 0.05) is 18.5 Å². The predicted molar refractivity (Wildman–Crippen MR) is 59.9 cm³/mol. The Morgan fingerprint density at radius 2 is 2.13 bits per heavy atom. The highest BCUT2D eigenvalue weighted by molar-refractivity contribution is 6.32. The zero-order chi connectivity index (χ0) is 11.0. The zero-order valence-electron chi connectivity index (χ0n) is 8.45. The van der Waals surface area contributed by atoms with Crippen LogP contribution in [0.25, 0.3) is 10.9 Å². The Bertz CT molecular complexity index is 531. The third-order valence-electron chi connectivity index (χ3n) is 2.47. The average Bonchev–Trinajstić information content (AvgIpc) is 2.54. The van der Waals surface area contributed by atoms with Crippen molar-refractivity contribution >= 4 is 28.8 Å². The number of hydrogen-bond donors (Lipinski definition) is 0. The summed E-state index contributed by atoms with van der Waals surface area (Å²) in [6.07, 6.45) is 0.820. The quantitative estimate of drug-likeness (QED) is 0.733. The van der Waals surface area contributed by atoms with Gasteiger partial charge in [-0.05, 0) is 12.1 Å². The number of hydrogen-bond acceptors (Lipinski definition) is 2. The Labute approximate surface area is 92.2 Å². The number of fused-ring (bicyclic) bond motifs is 1. The number of aryl methyl sites for hydroxylation is 1. The number of aromatic nitrogens is 1. The molecule has 0 unspecified atom stereocenters. The first-order valence-corrected chi connectivity index (χ1v) is 4.83. The molecule has 15 heavy (non-hydrogen) atoms. The molecule has 0 radical (unpaired) electrons. The zero-order valence-corrected chi connectivity index (χ0v) is 9.21. The molecule has 4 heteroatoms. The van der Waals surface area contributed by atoms with Crippen LogP contribution < -0.4 is 4.74 Å². The second kappa shape index (κ2) is 3.59. The molecule has 1 aromatic carbocycles. The number of halogens is 1. The van der Waals surface area contributed by atoms with E-state index >= 15 is 0 Å². The van der Waals surface area contributed by atoms with E-state index in [1.54, 1.807) is 23.8 Å². The lowest BCUT2D eigenvalue weighted by Gasteiger charge is -2.04. The topological polar surface area (TPSA) is 31.2 Å². The maximum Gasteiger partial charge on any atom is 0.166 e. The molecule has 0 bridgehead atoms. The van der Waals surface area contributed by atoms with E-state index in [9.17, 15) is 4.79 Å². The van der Waals surface area contributed by atoms with Gasteiger partial charge in [0.2, 0.25) is 0 Å². The third-order valence-corrected chi connectivity index (χ3v) is 2.77. The minimum absolute atomic E-state index is 0.549. The Morgan fingerprint density at radius 3 is 2.73 bits per heavy atom. The molecule has 0 atom stereocenters. The van der Waals surface area contributed by atoms with Crippen molar-refractivity contribution in [3.8, 4) is 5.75 Å². The monoisotopic (exact) mass is 223 g/mol. The van der Waals surface area contributed by atoms with Crippen molar-refractivity contribution in [3.05, 3.63) is 28.9 Å². The SMILES string of the molecule is COc1cc2c(cc1Cl)cc(C=O)n2C. The van der Waals surface area contributed by atoms with Crippen LogP contribution in [0.1, 0.15) is 10.5 Å². The Morgan fingerprint density at radius 1 is 1.40 bits per heavy atom. The first-order valence-electron chi connectivity index (χ1n) is 4.45. The largest absolute Gasteiger partial charge is 0.495 e. The van der Waals surface area contributed by atoms with Crippen molar-refractivity contribution in [1.82, 2.24) is 4.57 Å². The van der Waals surface area contributed by atoms with Crippen molar-refractivity contribution in [1.29, 1.82) is 0 Å². The fourth-order valence-corrected chi connectivity index (χ4v) is 1.88.